The van der Waals surface area contributed by atoms with Crippen LogP contribution in [-0.2, 0) is 11.3 Å². The zero-order chi connectivity index (χ0) is 15.6. The molecule has 0 aliphatic rings. The van der Waals surface area contributed by atoms with E-state index in [9.17, 15) is 9.59 Å². The summed E-state index contributed by atoms with van der Waals surface area (Å²) in [6, 6.07) is 1.50. The maximum atomic E-state index is 12.2. The van der Waals surface area contributed by atoms with Crippen LogP contribution < -0.4 is 10.7 Å². The van der Waals surface area contributed by atoms with E-state index in [2.05, 4.69) is 15.3 Å². The molecule has 6 nitrogen and oxygen atoms in total. The van der Waals surface area contributed by atoms with Gasteiger partial charge < -0.3 is 14.7 Å². The first-order valence-electron chi connectivity index (χ1n) is 6.69. The molecule has 1 amide bonds. The largest absolute Gasteiger partial charge is 0.442 e. The molecule has 2 aromatic rings. The molecule has 2 N–H and O–H groups in total. The highest BCUT2D eigenvalue weighted by atomic mass is 16.3. The number of oxazole rings is 1. The van der Waals surface area contributed by atoms with Gasteiger partial charge in [-0.15, -0.1) is 0 Å². The predicted molar refractivity (Wildman–Crippen MR) is 78.6 cm³/mol. The fourth-order valence-corrected chi connectivity index (χ4v) is 1.87. The third-order valence-corrected chi connectivity index (χ3v) is 3.05. The number of aryl methyl sites for hydroxylation is 1. The lowest BCUT2D eigenvalue weighted by Crippen LogP contribution is -2.35. The summed E-state index contributed by atoms with van der Waals surface area (Å²) in [7, 11) is 0. The molecule has 2 heterocycles. The third-order valence-electron chi connectivity index (χ3n) is 3.05. The van der Waals surface area contributed by atoms with Crippen molar-refractivity contribution in [3.05, 3.63) is 40.1 Å². The normalized spacial score (nSPS) is 11.4. The van der Waals surface area contributed by atoms with Crippen LogP contribution in [0.15, 0.2) is 27.9 Å². The monoisotopic (exact) mass is 289 g/mol. The van der Waals surface area contributed by atoms with Crippen LogP contribution in [0.1, 0.15) is 32.0 Å². The van der Waals surface area contributed by atoms with Gasteiger partial charge in [-0.1, -0.05) is 20.8 Å². The zero-order valence-corrected chi connectivity index (χ0v) is 12.6. The van der Waals surface area contributed by atoms with Gasteiger partial charge in [-0.2, -0.15) is 0 Å². The number of carbonyl (C=O) groups is 1. The van der Waals surface area contributed by atoms with Crippen molar-refractivity contribution in [3.8, 4) is 11.5 Å². The second-order valence-electron chi connectivity index (χ2n) is 5.97. The highest BCUT2D eigenvalue weighted by Gasteiger charge is 2.22. The lowest BCUT2D eigenvalue weighted by molar-refractivity contribution is -0.128. The molecule has 0 radical (unpaired) electrons. The Balaban J connectivity index is 2.35. The molecule has 112 valence electrons. The van der Waals surface area contributed by atoms with Gasteiger partial charge in [0.2, 0.25) is 5.91 Å². The van der Waals surface area contributed by atoms with E-state index in [0.717, 1.165) is 5.69 Å². The minimum absolute atomic E-state index is 0.119. The lowest BCUT2D eigenvalue weighted by atomic mass is 9.95. The Labute approximate surface area is 122 Å². The molecule has 0 spiro atoms. The van der Waals surface area contributed by atoms with Crippen LogP contribution in [0.4, 0.5) is 0 Å². The Morgan fingerprint density at radius 3 is 2.71 bits per heavy atom. The standard InChI is InChI=1S/C15H19N3O3/c1-9-5-11(19)10(6-17-14(20)15(2,3)4)13(18-9)12-7-16-8-21-12/h5,7-8H,6H2,1-4H3,(H,17,20)(H,18,19). The van der Waals surface area contributed by atoms with Gasteiger partial charge in [0, 0.05) is 29.3 Å². The van der Waals surface area contributed by atoms with E-state index in [1.54, 1.807) is 6.92 Å². The number of pyridine rings is 1. The molecular formula is C15H19N3O3. The summed E-state index contributed by atoms with van der Waals surface area (Å²) < 4.78 is 5.25. The second kappa shape index (κ2) is 5.55. The maximum absolute atomic E-state index is 12.2. The van der Waals surface area contributed by atoms with Crippen molar-refractivity contribution < 1.29 is 9.21 Å². The summed E-state index contributed by atoms with van der Waals surface area (Å²) in [6.07, 6.45) is 2.83. The van der Waals surface area contributed by atoms with Gasteiger partial charge in [0.1, 0.15) is 0 Å². The summed E-state index contributed by atoms with van der Waals surface area (Å²) in [5, 5.41) is 2.78. The molecular weight excluding hydrogens is 270 g/mol. The number of nitrogens with one attached hydrogen (secondary N) is 2. The lowest BCUT2D eigenvalue weighted by Gasteiger charge is -2.18. The van der Waals surface area contributed by atoms with Crippen molar-refractivity contribution in [3.63, 3.8) is 0 Å². The average Bonchev–Trinajstić information content (AvgIpc) is 2.89. The van der Waals surface area contributed by atoms with Crippen molar-refractivity contribution in [2.75, 3.05) is 0 Å². The molecule has 0 aliphatic carbocycles. The first-order valence-corrected chi connectivity index (χ1v) is 6.69. The summed E-state index contributed by atoms with van der Waals surface area (Å²) >= 11 is 0. The summed E-state index contributed by atoms with van der Waals surface area (Å²) in [6.45, 7) is 7.39. The van der Waals surface area contributed by atoms with E-state index in [1.165, 1.54) is 18.7 Å². The first-order chi connectivity index (χ1) is 9.79. The Kier molecular flexibility index (Phi) is 3.97. The van der Waals surface area contributed by atoms with Crippen LogP contribution in [0.2, 0.25) is 0 Å². The van der Waals surface area contributed by atoms with Gasteiger partial charge in [0.15, 0.2) is 17.6 Å². The molecule has 0 fully saturated rings. The molecule has 2 aromatic heterocycles. The number of rotatable bonds is 3. The number of aromatic nitrogens is 2. The Morgan fingerprint density at radius 1 is 1.43 bits per heavy atom. The van der Waals surface area contributed by atoms with Gasteiger partial charge in [0.05, 0.1) is 11.9 Å². The van der Waals surface area contributed by atoms with Gasteiger partial charge >= 0.3 is 0 Å². The Hall–Kier alpha value is -2.37. The summed E-state index contributed by atoms with van der Waals surface area (Å²) in [4.78, 5) is 31.1. The fraction of sp³-hybridized carbons (Fsp3) is 0.400. The molecule has 0 bridgehead atoms. The summed E-state index contributed by atoms with van der Waals surface area (Å²) in [5.41, 5.74) is 1.06. The summed E-state index contributed by atoms with van der Waals surface area (Å²) in [5.74, 6) is 0.349. The molecule has 0 atom stereocenters. The third kappa shape index (κ3) is 3.39. The molecule has 0 saturated carbocycles. The number of amides is 1. The topological polar surface area (TPSA) is 88.0 Å². The van der Waals surface area contributed by atoms with Gasteiger partial charge in [-0.3, -0.25) is 9.59 Å². The van der Waals surface area contributed by atoms with E-state index in [1.807, 2.05) is 20.8 Å². The Bertz CT molecular complexity index is 694. The van der Waals surface area contributed by atoms with Crippen LogP contribution in [-0.4, -0.2) is 15.9 Å². The van der Waals surface area contributed by atoms with Crippen molar-refractivity contribution >= 4 is 5.91 Å². The quantitative estimate of drug-likeness (QED) is 0.904. The number of nitrogens with zero attached hydrogens (tertiary/aromatic N) is 1. The van der Waals surface area contributed by atoms with Crippen LogP contribution >= 0.6 is 0 Å². The molecule has 0 aliphatic heterocycles. The number of hydrogen-bond acceptors (Lipinski definition) is 4. The van der Waals surface area contributed by atoms with Crippen molar-refractivity contribution in [1.82, 2.24) is 15.3 Å². The van der Waals surface area contributed by atoms with E-state index in [0.29, 0.717) is 17.0 Å². The SMILES string of the molecule is Cc1cc(=O)c(CNC(=O)C(C)(C)C)c(-c2cnco2)[nH]1. The smallest absolute Gasteiger partial charge is 0.225 e. The Morgan fingerprint density at radius 2 is 2.14 bits per heavy atom. The van der Waals surface area contributed by atoms with Crippen LogP contribution in [0.25, 0.3) is 11.5 Å². The first kappa shape index (κ1) is 15.0. The van der Waals surface area contributed by atoms with Gasteiger partial charge in [0.25, 0.3) is 0 Å². The predicted octanol–water partition coefficient (Wildman–Crippen LogP) is 2.00. The number of H-pyrrole nitrogens is 1. The van der Waals surface area contributed by atoms with E-state index < -0.39 is 5.41 Å². The minimum atomic E-state index is -0.510. The highest BCUT2D eigenvalue weighted by molar-refractivity contribution is 5.81. The van der Waals surface area contributed by atoms with Crippen LogP contribution in [0, 0.1) is 12.3 Å². The van der Waals surface area contributed by atoms with Gasteiger partial charge in [-0.05, 0) is 6.92 Å². The van der Waals surface area contributed by atoms with Crippen molar-refractivity contribution in [1.29, 1.82) is 0 Å². The maximum Gasteiger partial charge on any atom is 0.225 e. The molecule has 6 heteroatoms. The van der Waals surface area contributed by atoms with Crippen molar-refractivity contribution in [2.24, 2.45) is 5.41 Å². The van der Waals surface area contributed by atoms with E-state index >= 15 is 0 Å². The molecule has 0 aromatic carbocycles. The minimum Gasteiger partial charge on any atom is -0.442 e. The number of aromatic amines is 1. The number of hydrogen-bond donors (Lipinski definition) is 2. The zero-order valence-electron chi connectivity index (χ0n) is 12.6. The fourth-order valence-electron chi connectivity index (χ4n) is 1.87. The van der Waals surface area contributed by atoms with E-state index in [-0.39, 0.29) is 17.9 Å². The molecule has 0 saturated heterocycles. The second-order valence-corrected chi connectivity index (χ2v) is 5.97. The number of carbonyl (C=O) groups excluding carboxylic acids is 1. The van der Waals surface area contributed by atoms with E-state index in [4.69, 9.17) is 4.42 Å². The molecule has 21 heavy (non-hydrogen) atoms. The van der Waals surface area contributed by atoms with Crippen LogP contribution in [0.3, 0.4) is 0 Å². The van der Waals surface area contributed by atoms with Gasteiger partial charge in [-0.25, -0.2) is 4.98 Å². The average molecular weight is 289 g/mol. The van der Waals surface area contributed by atoms with Crippen LogP contribution in [0.5, 0.6) is 0 Å². The highest BCUT2D eigenvalue weighted by Crippen LogP contribution is 2.20. The molecule has 2 rings (SSSR count). The molecule has 0 unspecified atom stereocenters. The van der Waals surface area contributed by atoms with Crippen molar-refractivity contribution in [2.45, 2.75) is 34.2 Å².